The molecular formula is C18H19FIN3O2. The second kappa shape index (κ2) is 8.09. The van der Waals surface area contributed by atoms with Gasteiger partial charge < -0.3 is 15.8 Å². The van der Waals surface area contributed by atoms with Crippen molar-refractivity contribution in [2.75, 3.05) is 0 Å². The molecular weight excluding hydrogens is 436 g/mol. The van der Waals surface area contributed by atoms with Crippen molar-refractivity contribution in [2.24, 2.45) is 5.73 Å². The minimum Gasteiger partial charge on any atom is -0.438 e. The lowest BCUT2D eigenvalue weighted by Gasteiger charge is -2.27. The lowest BCUT2D eigenvalue weighted by Crippen LogP contribution is -2.40. The van der Waals surface area contributed by atoms with E-state index in [0.29, 0.717) is 5.75 Å². The van der Waals surface area contributed by atoms with Crippen LogP contribution in [-0.2, 0) is 0 Å². The fraction of sp³-hybridized carbons (Fsp3) is 0.333. The van der Waals surface area contributed by atoms with Crippen LogP contribution in [-0.4, -0.2) is 23.0 Å². The van der Waals surface area contributed by atoms with Crippen LogP contribution in [0.3, 0.4) is 0 Å². The van der Waals surface area contributed by atoms with Gasteiger partial charge in [-0.3, -0.25) is 4.79 Å². The first-order valence-corrected chi connectivity index (χ1v) is 9.24. The van der Waals surface area contributed by atoms with Gasteiger partial charge in [-0.1, -0.05) is 6.07 Å². The molecule has 1 aliphatic rings. The van der Waals surface area contributed by atoms with Gasteiger partial charge in [0.2, 0.25) is 5.88 Å². The molecule has 2 aromatic rings. The highest BCUT2D eigenvalue weighted by molar-refractivity contribution is 14.1. The zero-order chi connectivity index (χ0) is 17.8. The van der Waals surface area contributed by atoms with Gasteiger partial charge in [0.25, 0.3) is 5.91 Å². The number of hydrogen-bond acceptors (Lipinski definition) is 4. The van der Waals surface area contributed by atoms with Crippen molar-refractivity contribution >= 4 is 28.5 Å². The second-order valence-electron chi connectivity index (χ2n) is 6.15. The number of nitrogens with zero attached hydrogens (tertiary/aromatic N) is 1. The van der Waals surface area contributed by atoms with E-state index in [1.807, 2.05) is 18.2 Å². The average molecular weight is 455 g/mol. The molecule has 3 N–H and O–H groups in total. The molecule has 1 aromatic heterocycles. The molecule has 1 amide bonds. The number of carbonyl (C=O) groups is 1. The number of carbonyl (C=O) groups excluding carboxylic acids is 1. The molecule has 25 heavy (non-hydrogen) atoms. The van der Waals surface area contributed by atoms with Gasteiger partial charge in [-0.25, -0.2) is 9.37 Å². The van der Waals surface area contributed by atoms with Gasteiger partial charge >= 0.3 is 0 Å². The molecule has 132 valence electrons. The van der Waals surface area contributed by atoms with Crippen LogP contribution in [0.5, 0.6) is 11.6 Å². The van der Waals surface area contributed by atoms with Crippen LogP contribution in [0.15, 0.2) is 36.5 Å². The first-order valence-electron chi connectivity index (χ1n) is 8.16. The number of aromatic nitrogens is 1. The SMILES string of the molecule is N[C@H]1CC[C@H](NC(=O)c2cc(F)cnc2Oc2cccc(I)c2)CC1. The topological polar surface area (TPSA) is 77.2 Å². The van der Waals surface area contributed by atoms with E-state index < -0.39 is 5.82 Å². The van der Waals surface area contributed by atoms with Gasteiger partial charge in [0.05, 0.1) is 6.20 Å². The first-order chi connectivity index (χ1) is 12.0. The summed E-state index contributed by atoms with van der Waals surface area (Å²) in [7, 11) is 0. The van der Waals surface area contributed by atoms with E-state index in [2.05, 4.69) is 32.9 Å². The predicted octanol–water partition coefficient (Wildman–Crippen LogP) is 3.62. The minimum atomic E-state index is -0.578. The minimum absolute atomic E-state index is 0.0427. The van der Waals surface area contributed by atoms with Crippen LogP contribution in [0.4, 0.5) is 4.39 Å². The van der Waals surface area contributed by atoms with E-state index in [1.54, 1.807) is 6.07 Å². The van der Waals surface area contributed by atoms with Crippen LogP contribution in [0, 0.1) is 9.39 Å². The number of nitrogens with two attached hydrogens (primary N) is 1. The zero-order valence-electron chi connectivity index (χ0n) is 13.5. The first kappa shape index (κ1) is 18.1. The van der Waals surface area contributed by atoms with Crippen LogP contribution in [0.25, 0.3) is 0 Å². The van der Waals surface area contributed by atoms with Crippen LogP contribution >= 0.6 is 22.6 Å². The fourth-order valence-corrected chi connectivity index (χ4v) is 3.35. The van der Waals surface area contributed by atoms with Crippen molar-refractivity contribution in [3.63, 3.8) is 0 Å². The molecule has 0 atom stereocenters. The van der Waals surface area contributed by atoms with Gasteiger partial charge in [-0.05, 0) is 72.5 Å². The molecule has 1 aliphatic carbocycles. The maximum Gasteiger partial charge on any atom is 0.257 e. The van der Waals surface area contributed by atoms with Gasteiger partial charge in [0, 0.05) is 15.7 Å². The Morgan fingerprint density at radius 1 is 1.28 bits per heavy atom. The summed E-state index contributed by atoms with van der Waals surface area (Å²) in [6.07, 6.45) is 4.43. The summed E-state index contributed by atoms with van der Waals surface area (Å²) in [5.74, 6) is -0.323. The highest BCUT2D eigenvalue weighted by Gasteiger charge is 2.23. The maximum atomic E-state index is 13.6. The highest BCUT2D eigenvalue weighted by Crippen LogP contribution is 2.26. The Kier molecular flexibility index (Phi) is 5.85. The summed E-state index contributed by atoms with van der Waals surface area (Å²) < 4.78 is 20.3. The molecule has 1 saturated carbocycles. The molecule has 0 radical (unpaired) electrons. The monoisotopic (exact) mass is 455 g/mol. The Bertz CT molecular complexity index is 764. The van der Waals surface area contributed by atoms with Crippen molar-refractivity contribution in [1.29, 1.82) is 0 Å². The number of nitrogens with one attached hydrogen (secondary N) is 1. The molecule has 1 aromatic carbocycles. The number of amides is 1. The van der Waals surface area contributed by atoms with Crippen LogP contribution < -0.4 is 15.8 Å². The van der Waals surface area contributed by atoms with Gasteiger partial charge in [0.15, 0.2) is 0 Å². The lowest BCUT2D eigenvalue weighted by atomic mass is 9.91. The fourth-order valence-electron chi connectivity index (χ4n) is 2.84. The third-order valence-corrected chi connectivity index (χ3v) is 4.85. The van der Waals surface area contributed by atoms with Gasteiger partial charge in [0.1, 0.15) is 17.1 Å². The second-order valence-corrected chi connectivity index (χ2v) is 7.40. The third kappa shape index (κ3) is 4.88. The van der Waals surface area contributed by atoms with Crippen molar-refractivity contribution < 1.29 is 13.9 Å². The molecule has 0 bridgehead atoms. The van der Waals surface area contributed by atoms with E-state index in [0.717, 1.165) is 41.5 Å². The molecule has 0 aliphatic heterocycles. The maximum absolute atomic E-state index is 13.6. The Morgan fingerprint density at radius 3 is 2.76 bits per heavy atom. The van der Waals surface area contributed by atoms with E-state index in [1.165, 1.54) is 0 Å². The average Bonchev–Trinajstić information content (AvgIpc) is 2.58. The Hall–Kier alpha value is -1.74. The Morgan fingerprint density at radius 2 is 2.04 bits per heavy atom. The summed E-state index contributed by atoms with van der Waals surface area (Å²) in [5, 5.41) is 2.94. The number of hydrogen-bond donors (Lipinski definition) is 2. The number of halogens is 2. The predicted molar refractivity (Wildman–Crippen MR) is 101 cm³/mol. The lowest BCUT2D eigenvalue weighted by molar-refractivity contribution is 0.0922. The molecule has 5 nitrogen and oxygen atoms in total. The Balaban J connectivity index is 1.77. The molecule has 7 heteroatoms. The largest absolute Gasteiger partial charge is 0.438 e. The molecule has 0 unspecified atom stereocenters. The van der Waals surface area contributed by atoms with E-state index in [9.17, 15) is 9.18 Å². The summed E-state index contributed by atoms with van der Waals surface area (Å²) in [5.41, 5.74) is 5.98. The number of rotatable bonds is 4. The highest BCUT2D eigenvalue weighted by atomic mass is 127. The van der Waals surface area contributed by atoms with Crippen molar-refractivity contribution in [1.82, 2.24) is 10.3 Å². The molecule has 3 rings (SSSR count). The summed E-state index contributed by atoms with van der Waals surface area (Å²) in [6.45, 7) is 0. The molecule has 0 spiro atoms. The van der Waals surface area contributed by atoms with Crippen molar-refractivity contribution in [2.45, 2.75) is 37.8 Å². The molecule has 1 heterocycles. The Labute approximate surface area is 159 Å². The van der Waals surface area contributed by atoms with E-state index in [4.69, 9.17) is 10.5 Å². The number of benzene rings is 1. The summed E-state index contributed by atoms with van der Waals surface area (Å²) in [6, 6.07) is 8.73. The molecule has 1 fully saturated rings. The van der Waals surface area contributed by atoms with Crippen molar-refractivity contribution in [3.05, 3.63) is 51.5 Å². The summed E-state index contributed by atoms with van der Waals surface area (Å²) in [4.78, 5) is 16.5. The van der Waals surface area contributed by atoms with E-state index in [-0.39, 0.29) is 29.4 Å². The molecule has 0 saturated heterocycles. The van der Waals surface area contributed by atoms with E-state index >= 15 is 0 Å². The number of ether oxygens (including phenoxy) is 1. The van der Waals surface area contributed by atoms with Gasteiger partial charge in [-0.15, -0.1) is 0 Å². The van der Waals surface area contributed by atoms with Crippen LogP contribution in [0.1, 0.15) is 36.0 Å². The standard InChI is InChI=1S/C18H19FIN3O2/c19-11-8-16(17(24)23-14-6-4-13(21)5-7-14)18(22-10-11)25-15-3-1-2-12(20)9-15/h1-3,8-10,13-14H,4-7,21H2,(H,23,24)/t13-,14-. The quantitative estimate of drug-likeness (QED) is 0.691. The normalized spacial score (nSPS) is 20.1. The smallest absolute Gasteiger partial charge is 0.257 e. The van der Waals surface area contributed by atoms with Gasteiger partial charge in [-0.2, -0.15) is 0 Å². The zero-order valence-corrected chi connectivity index (χ0v) is 15.7. The third-order valence-electron chi connectivity index (χ3n) is 4.18. The summed E-state index contributed by atoms with van der Waals surface area (Å²) >= 11 is 2.16. The number of pyridine rings is 1. The van der Waals surface area contributed by atoms with Crippen LogP contribution in [0.2, 0.25) is 0 Å². The van der Waals surface area contributed by atoms with Crippen molar-refractivity contribution in [3.8, 4) is 11.6 Å².